The SMILES string of the molecule is CC=C(C)C.CNc1cc(-c2cc(C(=O)OC)n(Sc3c(C)cc(C)cc3C)c2)c(Cl)cn1. The maximum absolute atomic E-state index is 12.4. The monoisotopic (exact) mass is 485 g/mol. The van der Waals surface area contributed by atoms with Crippen molar-refractivity contribution in [1.29, 1.82) is 0 Å². The van der Waals surface area contributed by atoms with Crippen LogP contribution in [0.4, 0.5) is 5.82 Å². The number of benzene rings is 1. The Balaban J connectivity index is 0.000000696. The van der Waals surface area contributed by atoms with Crippen molar-refractivity contribution in [3.63, 3.8) is 0 Å². The van der Waals surface area contributed by atoms with E-state index < -0.39 is 5.97 Å². The summed E-state index contributed by atoms with van der Waals surface area (Å²) in [5.41, 5.74) is 6.97. The second kappa shape index (κ2) is 12.0. The van der Waals surface area contributed by atoms with E-state index >= 15 is 0 Å². The van der Waals surface area contributed by atoms with Crippen LogP contribution in [-0.2, 0) is 4.74 Å². The van der Waals surface area contributed by atoms with Crippen molar-refractivity contribution >= 4 is 35.3 Å². The Kier molecular flexibility index (Phi) is 9.62. The minimum absolute atomic E-state index is 0.403. The number of hydrogen-bond acceptors (Lipinski definition) is 5. The summed E-state index contributed by atoms with van der Waals surface area (Å²) in [6.07, 6.45) is 5.58. The molecule has 0 saturated heterocycles. The molecule has 0 fully saturated rings. The van der Waals surface area contributed by atoms with Crippen molar-refractivity contribution in [3.8, 4) is 11.1 Å². The van der Waals surface area contributed by atoms with E-state index in [0.717, 1.165) is 27.1 Å². The minimum Gasteiger partial charge on any atom is -0.464 e. The van der Waals surface area contributed by atoms with Crippen molar-refractivity contribution in [2.24, 2.45) is 0 Å². The van der Waals surface area contributed by atoms with Gasteiger partial charge in [0, 0.05) is 35.5 Å². The lowest BCUT2D eigenvalue weighted by Crippen LogP contribution is -2.06. The third-order valence-electron chi connectivity index (χ3n) is 4.97. The Morgan fingerprint density at radius 2 is 1.76 bits per heavy atom. The summed E-state index contributed by atoms with van der Waals surface area (Å²) < 4.78 is 6.82. The Morgan fingerprint density at radius 1 is 1.15 bits per heavy atom. The fourth-order valence-corrected chi connectivity index (χ4v) is 4.33. The van der Waals surface area contributed by atoms with Crippen molar-refractivity contribution in [1.82, 2.24) is 8.96 Å². The maximum Gasteiger partial charge on any atom is 0.355 e. The number of aryl methyl sites for hydroxylation is 3. The molecule has 33 heavy (non-hydrogen) atoms. The first-order valence-corrected chi connectivity index (χ1v) is 11.8. The number of rotatable bonds is 5. The zero-order valence-corrected chi connectivity index (χ0v) is 22.1. The van der Waals surface area contributed by atoms with Crippen LogP contribution in [0, 0.1) is 20.8 Å². The normalized spacial score (nSPS) is 10.2. The standard InChI is InChI=1S/C21H22ClN3O2S.C5H10/c1-12-6-13(2)20(14(3)7-12)28-25-11-15(8-18(25)21(26)27-5)16-9-19(23-4)24-10-17(16)22;1-4-5(2)3/h6-11H,1-5H3,(H,23,24);4H,1-3H3. The number of nitrogens with zero attached hydrogens (tertiary/aromatic N) is 2. The number of halogens is 1. The highest BCUT2D eigenvalue weighted by Gasteiger charge is 2.19. The van der Waals surface area contributed by atoms with Gasteiger partial charge in [-0.1, -0.05) is 40.9 Å². The van der Waals surface area contributed by atoms with Gasteiger partial charge in [-0.3, -0.25) is 3.97 Å². The van der Waals surface area contributed by atoms with Gasteiger partial charge in [0.1, 0.15) is 11.5 Å². The van der Waals surface area contributed by atoms with Crippen LogP contribution in [0.1, 0.15) is 48.0 Å². The Hall–Kier alpha value is -2.70. The molecule has 0 atom stereocenters. The number of ether oxygens (including phenoxy) is 1. The molecule has 3 rings (SSSR count). The van der Waals surface area contributed by atoms with Crippen LogP contribution in [0.25, 0.3) is 11.1 Å². The number of nitrogens with one attached hydrogen (secondary N) is 1. The zero-order chi connectivity index (χ0) is 24.7. The van der Waals surface area contributed by atoms with Gasteiger partial charge in [-0.2, -0.15) is 0 Å². The molecule has 0 saturated carbocycles. The molecular formula is C26H32ClN3O2S. The van der Waals surface area contributed by atoms with E-state index in [-0.39, 0.29) is 0 Å². The van der Waals surface area contributed by atoms with Gasteiger partial charge in [0.25, 0.3) is 0 Å². The highest BCUT2D eigenvalue weighted by atomic mass is 35.5. The van der Waals surface area contributed by atoms with E-state index in [4.69, 9.17) is 16.3 Å². The van der Waals surface area contributed by atoms with Gasteiger partial charge in [-0.05, 0) is 76.7 Å². The molecule has 2 aromatic heterocycles. The van der Waals surface area contributed by atoms with E-state index in [9.17, 15) is 4.79 Å². The largest absolute Gasteiger partial charge is 0.464 e. The Labute approximate surface area is 206 Å². The first-order chi connectivity index (χ1) is 15.6. The molecule has 0 spiro atoms. The van der Waals surface area contributed by atoms with Crippen LogP contribution >= 0.6 is 23.5 Å². The van der Waals surface area contributed by atoms with E-state index in [2.05, 4.69) is 63.1 Å². The lowest BCUT2D eigenvalue weighted by Gasteiger charge is -2.12. The molecule has 7 heteroatoms. The molecule has 176 valence electrons. The fraction of sp³-hybridized carbons (Fsp3) is 0.308. The zero-order valence-electron chi connectivity index (χ0n) is 20.5. The number of pyridine rings is 1. The van der Waals surface area contributed by atoms with Gasteiger partial charge in [-0.15, -0.1) is 0 Å². The number of esters is 1. The van der Waals surface area contributed by atoms with Crippen LogP contribution in [0.2, 0.25) is 5.02 Å². The van der Waals surface area contributed by atoms with Gasteiger partial charge in [-0.25, -0.2) is 9.78 Å². The van der Waals surface area contributed by atoms with Crippen molar-refractivity contribution < 1.29 is 9.53 Å². The average Bonchev–Trinajstić information content (AvgIpc) is 3.20. The van der Waals surface area contributed by atoms with Crippen LogP contribution in [-0.4, -0.2) is 29.1 Å². The molecule has 2 heterocycles. The summed E-state index contributed by atoms with van der Waals surface area (Å²) in [6, 6.07) is 7.92. The molecule has 0 aliphatic carbocycles. The third-order valence-corrected chi connectivity index (χ3v) is 6.60. The number of allylic oxidation sites excluding steroid dienone is 2. The van der Waals surface area contributed by atoms with Gasteiger partial charge < -0.3 is 10.1 Å². The lowest BCUT2D eigenvalue weighted by molar-refractivity contribution is 0.0593. The molecular weight excluding hydrogens is 454 g/mol. The van der Waals surface area contributed by atoms with Crippen molar-refractivity contribution in [3.05, 3.63) is 75.7 Å². The third kappa shape index (κ3) is 6.89. The molecule has 0 radical (unpaired) electrons. The summed E-state index contributed by atoms with van der Waals surface area (Å²) >= 11 is 7.86. The number of anilines is 1. The molecule has 1 N–H and O–H groups in total. The highest BCUT2D eigenvalue weighted by molar-refractivity contribution is 7.98. The van der Waals surface area contributed by atoms with Gasteiger partial charge in [0.15, 0.2) is 0 Å². The first-order valence-electron chi connectivity index (χ1n) is 10.6. The predicted molar refractivity (Wildman–Crippen MR) is 141 cm³/mol. The number of aromatic nitrogens is 2. The van der Waals surface area contributed by atoms with E-state index in [1.165, 1.54) is 30.2 Å². The molecule has 1 aromatic carbocycles. The number of carbonyl (C=O) groups is 1. The molecule has 0 bridgehead atoms. The smallest absolute Gasteiger partial charge is 0.355 e. The summed E-state index contributed by atoms with van der Waals surface area (Å²) in [6.45, 7) is 12.4. The predicted octanol–water partition coefficient (Wildman–Crippen LogP) is 7.48. The molecule has 0 unspecified atom stereocenters. The summed E-state index contributed by atoms with van der Waals surface area (Å²) in [5, 5.41) is 3.52. The van der Waals surface area contributed by atoms with E-state index in [1.54, 1.807) is 19.3 Å². The second-order valence-corrected chi connectivity index (χ2v) is 9.31. The van der Waals surface area contributed by atoms with Crippen LogP contribution < -0.4 is 5.32 Å². The first kappa shape index (κ1) is 26.6. The van der Waals surface area contributed by atoms with Crippen LogP contribution in [0.5, 0.6) is 0 Å². The summed E-state index contributed by atoms with van der Waals surface area (Å²) in [5.74, 6) is 0.296. The number of hydrogen-bond donors (Lipinski definition) is 1. The van der Waals surface area contributed by atoms with Crippen molar-refractivity contribution in [2.45, 2.75) is 46.4 Å². The van der Waals surface area contributed by atoms with E-state index in [1.807, 2.05) is 23.2 Å². The molecule has 0 amide bonds. The molecule has 5 nitrogen and oxygen atoms in total. The fourth-order valence-electron chi connectivity index (χ4n) is 3.13. The van der Waals surface area contributed by atoms with Crippen LogP contribution in [0.15, 0.2) is 53.2 Å². The Morgan fingerprint density at radius 3 is 2.27 bits per heavy atom. The van der Waals surface area contributed by atoms with Crippen LogP contribution in [0.3, 0.4) is 0 Å². The van der Waals surface area contributed by atoms with Gasteiger partial charge >= 0.3 is 5.97 Å². The molecule has 0 aliphatic heterocycles. The Bertz CT molecular complexity index is 1140. The topological polar surface area (TPSA) is 56.1 Å². The average molecular weight is 486 g/mol. The summed E-state index contributed by atoms with van der Waals surface area (Å²) in [7, 11) is 3.18. The molecule has 0 aliphatic rings. The number of carbonyl (C=O) groups excluding carboxylic acids is 1. The lowest BCUT2D eigenvalue weighted by atomic mass is 10.1. The molecule has 3 aromatic rings. The summed E-state index contributed by atoms with van der Waals surface area (Å²) in [4.78, 5) is 17.7. The minimum atomic E-state index is -0.403. The quantitative estimate of drug-likeness (QED) is 0.299. The second-order valence-electron chi connectivity index (χ2n) is 7.92. The maximum atomic E-state index is 12.4. The van der Waals surface area contributed by atoms with Crippen molar-refractivity contribution in [2.75, 3.05) is 19.5 Å². The van der Waals surface area contributed by atoms with E-state index in [0.29, 0.717) is 16.5 Å². The van der Waals surface area contributed by atoms with Gasteiger partial charge in [0.2, 0.25) is 0 Å². The number of methoxy groups -OCH3 is 1. The van der Waals surface area contributed by atoms with Gasteiger partial charge in [0.05, 0.1) is 12.1 Å². The highest BCUT2D eigenvalue weighted by Crippen LogP contribution is 2.36.